The van der Waals surface area contributed by atoms with Crippen LogP contribution in [0.5, 0.6) is 0 Å². The Morgan fingerprint density at radius 2 is 2.00 bits per heavy atom. The minimum atomic E-state index is -3.66. The third-order valence-corrected chi connectivity index (χ3v) is 4.62. The molecule has 1 fully saturated rings. The molecule has 1 heterocycles. The fourth-order valence-corrected chi connectivity index (χ4v) is 3.33. The summed E-state index contributed by atoms with van der Waals surface area (Å²) < 4.78 is 26.9. The van der Waals surface area contributed by atoms with Crippen LogP contribution >= 0.6 is 0 Å². The highest BCUT2D eigenvalue weighted by Gasteiger charge is 2.27. The van der Waals surface area contributed by atoms with E-state index in [0.29, 0.717) is 13.0 Å². The average Bonchev–Trinajstić information content (AvgIpc) is 2.42. The van der Waals surface area contributed by atoms with Crippen LogP contribution in [-0.4, -0.2) is 33.5 Å². The number of hydrogen-bond donors (Lipinski definition) is 3. The Hall–Kier alpha value is -1.60. The van der Waals surface area contributed by atoms with Gasteiger partial charge in [-0.15, -0.1) is 0 Å². The van der Waals surface area contributed by atoms with E-state index in [1.807, 2.05) is 6.92 Å². The standard InChI is InChI=1S/C13H19N3O3S/c1-2-14-10-5-7-11(8-6-10)20(18,19)16-12-4-3-9-15-13(12)17/h5-8,12,14,16H,2-4,9H2,1H3,(H,15,17). The smallest absolute Gasteiger partial charge is 0.241 e. The largest absolute Gasteiger partial charge is 0.385 e. The molecular weight excluding hydrogens is 278 g/mol. The maximum Gasteiger partial charge on any atom is 0.241 e. The highest BCUT2D eigenvalue weighted by Crippen LogP contribution is 2.15. The van der Waals surface area contributed by atoms with Crippen LogP contribution in [0.2, 0.25) is 0 Å². The Morgan fingerprint density at radius 1 is 1.30 bits per heavy atom. The van der Waals surface area contributed by atoms with Crippen LogP contribution in [0.3, 0.4) is 0 Å². The van der Waals surface area contributed by atoms with E-state index in [9.17, 15) is 13.2 Å². The second-order valence-corrected chi connectivity index (χ2v) is 6.38. The van der Waals surface area contributed by atoms with Gasteiger partial charge in [-0.1, -0.05) is 0 Å². The summed E-state index contributed by atoms with van der Waals surface area (Å²) in [4.78, 5) is 11.8. The zero-order valence-corrected chi connectivity index (χ0v) is 12.2. The molecule has 1 aromatic rings. The molecule has 2 rings (SSSR count). The lowest BCUT2D eigenvalue weighted by Gasteiger charge is -2.22. The average molecular weight is 297 g/mol. The maximum absolute atomic E-state index is 12.2. The third-order valence-electron chi connectivity index (χ3n) is 3.13. The SMILES string of the molecule is CCNc1ccc(S(=O)(=O)NC2CCCNC2=O)cc1. The summed E-state index contributed by atoms with van der Waals surface area (Å²) >= 11 is 0. The topological polar surface area (TPSA) is 87.3 Å². The van der Waals surface area contributed by atoms with Crippen molar-refractivity contribution in [3.63, 3.8) is 0 Å². The van der Waals surface area contributed by atoms with E-state index in [1.54, 1.807) is 12.1 Å². The second-order valence-electron chi connectivity index (χ2n) is 4.66. The number of sulfonamides is 1. The molecule has 1 saturated heterocycles. The molecule has 0 radical (unpaired) electrons. The van der Waals surface area contributed by atoms with Gasteiger partial charge in [0, 0.05) is 18.8 Å². The number of carbonyl (C=O) groups is 1. The van der Waals surface area contributed by atoms with E-state index in [4.69, 9.17) is 0 Å². The summed E-state index contributed by atoms with van der Waals surface area (Å²) in [5, 5.41) is 5.75. The molecule has 1 aromatic carbocycles. The fourth-order valence-electron chi connectivity index (χ4n) is 2.10. The number of amides is 1. The van der Waals surface area contributed by atoms with Gasteiger partial charge in [-0.2, -0.15) is 4.72 Å². The van der Waals surface area contributed by atoms with Crippen LogP contribution in [0.1, 0.15) is 19.8 Å². The molecule has 20 heavy (non-hydrogen) atoms. The summed E-state index contributed by atoms with van der Waals surface area (Å²) in [7, 11) is -3.66. The number of benzene rings is 1. The van der Waals surface area contributed by atoms with Crippen molar-refractivity contribution in [1.29, 1.82) is 0 Å². The number of hydrogen-bond acceptors (Lipinski definition) is 4. The van der Waals surface area contributed by atoms with E-state index in [-0.39, 0.29) is 10.8 Å². The summed E-state index contributed by atoms with van der Waals surface area (Å²) in [5.41, 5.74) is 0.863. The predicted octanol–water partition coefficient (Wildman–Crippen LogP) is 0.675. The quantitative estimate of drug-likeness (QED) is 0.745. The van der Waals surface area contributed by atoms with Gasteiger partial charge in [-0.25, -0.2) is 8.42 Å². The predicted molar refractivity (Wildman–Crippen MR) is 77.0 cm³/mol. The second kappa shape index (κ2) is 6.23. The Labute approximate surface area is 119 Å². The Balaban J connectivity index is 2.11. The molecule has 0 spiro atoms. The zero-order valence-electron chi connectivity index (χ0n) is 11.3. The number of rotatable bonds is 5. The van der Waals surface area contributed by atoms with Crippen molar-refractivity contribution < 1.29 is 13.2 Å². The first-order valence-electron chi connectivity index (χ1n) is 6.67. The molecule has 1 amide bonds. The molecule has 110 valence electrons. The lowest BCUT2D eigenvalue weighted by molar-refractivity contribution is -0.124. The molecule has 0 bridgehead atoms. The van der Waals surface area contributed by atoms with E-state index >= 15 is 0 Å². The molecule has 0 saturated carbocycles. The minimum Gasteiger partial charge on any atom is -0.385 e. The van der Waals surface area contributed by atoms with Gasteiger partial charge in [0.05, 0.1) is 4.90 Å². The Bertz CT molecular complexity index is 569. The van der Waals surface area contributed by atoms with Crippen molar-refractivity contribution in [3.05, 3.63) is 24.3 Å². The van der Waals surface area contributed by atoms with Gasteiger partial charge in [-0.05, 0) is 44.0 Å². The molecule has 3 N–H and O–H groups in total. The van der Waals surface area contributed by atoms with Crippen LogP contribution in [0, 0.1) is 0 Å². The molecule has 0 aliphatic carbocycles. The summed E-state index contributed by atoms with van der Waals surface area (Å²) in [6.45, 7) is 3.34. The molecule has 1 atom stereocenters. The lowest BCUT2D eigenvalue weighted by Crippen LogP contribution is -2.50. The highest BCUT2D eigenvalue weighted by molar-refractivity contribution is 7.89. The van der Waals surface area contributed by atoms with Gasteiger partial charge in [0.2, 0.25) is 15.9 Å². The van der Waals surface area contributed by atoms with Crippen LogP contribution < -0.4 is 15.4 Å². The molecular formula is C13H19N3O3S. The molecule has 0 aromatic heterocycles. The van der Waals surface area contributed by atoms with Crippen molar-refractivity contribution in [2.75, 3.05) is 18.4 Å². The molecule has 1 aliphatic rings. The normalized spacial score (nSPS) is 19.4. The molecule has 1 aliphatic heterocycles. The number of carbonyl (C=O) groups excluding carboxylic acids is 1. The van der Waals surface area contributed by atoms with Crippen molar-refractivity contribution in [2.45, 2.75) is 30.7 Å². The van der Waals surface area contributed by atoms with Crippen LogP contribution in [0.25, 0.3) is 0 Å². The first-order chi connectivity index (χ1) is 9.53. The fraction of sp³-hybridized carbons (Fsp3) is 0.462. The first-order valence-corrected chi connectivity index (χ1v) is 8.15. The third kappa shape index (κ3) is 3.49. The van der Waals surface area contributed by atoms with Crippen molar-refractivity contribution in [2.24, 2.45) is 0 Å². The van der Waals surface area contributed by atoms with Gasteiger partial charge in [-0.3, -0.25) is 4.79 Å². The number of anilines is 1. The van der Waals surface area contributed by atoms with E-state index in [0.717, 1.165) is 18.7 Å². The molecule has 7 heteroatoms. The highest BCUT2D eigenvalue weighted by atomic mass is 32.2. The monoisotopic (exact) mass is 297 g/mol. The van der Waals surface area contributed by atoms with Gasteiger partial charge in [0.15, 0.2) is 0 Å². The lowest BCUT2D eigenvalue weighted by atomic mass is 10.1. The van der Waals surface area contributed by atoms with Crippen molar-refractivity contribution in [1.82, 2.24) is 10.0 Å². The minimum absolute atomic E-state index is 0.164. The Morgan fingerprint density at radius 3 is 2.60 bits per heavy atom. The van der Waals surface area contributed by atoms with Crippen molar-refractivity contribution in [3.8, 4) is 0 Å². The van der Waals surface area contributed by atoms with Crippen molar-refractivity contribution >= 4 is 21.6 Å². The zero-order chi connectivity index (χ0) is 14.6. The molecule has 1 unspecified atom stereocenters. The van der Waals surface area contributed by atoms with E-state index in [1.165, 1.54) is 12.1 Å². The Kier molecular flexibility index (Phi) is 4.61. The number of nitrogens with one attached hydrogen (secondary N) is 3. The van der Waals surface area contributed by atoms with Gasteiger partial charge < -0.3 is 10.6 Å². The van der Waals surface area contributed by atoms with Gasteiger partial charge in [0.1, 0.15) is 6.04 Å². The molecule has 6 nitrogen and oxygen atoms in total. The first kappa shape index (κ1) is 14.8. The summed E-state index contributed by atoms with van der Waals surface area (Å²) in [6.07, 6.45) is 1.30. The van der Waals surface area contributed by atoms with Crippen LogP contribution in [0.15, 0.2) is 29.2 Å². The van der Waals surface area contributed by atoms with Gasteiger partial charge in [0.25, 0.3) is 0 Å². The van der Waals surface area contributed by atoms with E-state index in [2.05, 4.69) is 15.4 Å². The maximum atomic E-state index is 12.2. The van der Waals surface area contributed by atoms with Crippen LogP contribution in [0.4, 0.5) is 5.69 Å². The summed E-state index contributed by atoms with van der Waals surface area (Å²) in [5.74, 6) is -0.260. The van der Waals surface area contributed by atoms with Crippen LogP contribution in [-0.2, 0) is 14.8 Å². The van der Waals surface area contributed by atoms with E-state index < -0.39 is 16.1 Å². The summed E-state index contributed by atoms with van der Waals surface area (Å²) in [6, 6.07) is 5.79. The van der Waals surface area contributed by atoms with Gasteiger partial charge >= 0.3 is 0 Å². The number of piperidine rings is 1.